The van der Waals surface area contributed by atoms with Gasteiger partial charge in [-0.25, -0.2) is 18.0 Å². The number of nitrogens with zero attached hydrogens (tertiary/aromatic N) is 1. The lowest BCUT2D eigenvalue weighted by Crippen LogP contribution is -2.40. The second kappa shape index (κ2) is 13.0. The Balaban J connectivity index is 0.00000176. The first-order valence-corrected chi connectivity index (χ1v) is 13.0. The number of benzene rings is 2. The normalized spacial score (nSPS) is 17.4. The number of likely N-dealkylation sites (tertiary alicyclic amines) is 1. The molecule has 1 unspecified atom stereocenters. The van der Waals surface area contributed by atoms with Crippen molar-refractivity contribution in [2.45, 2.75) is 57.9 Å². The zero-order valence-electron chi connectivity index (χ0n) is 20.7. The standard InChI is InChI=1S/C25H26Cl2F3NO3.C2H6/c1-33-25(32)20-11-19(15-2-3-15)22(12-21(20)28)34-13-14-4-6-31(7-5-14)23(24(29)30)16-8-17(26)10-18(27)9-16;1-2/h8-12,14-15,23-24H,2-7,13H2,1H3;1-2H3. The lowest BCUT2D eigenvalue weighted by Gasteiger charge is -2.37. The minimum atomic E-state index is -2.58. The Labute approximate surface area is 220 Å². The van der Waals surface area contributed by atoms with Gasteiger partial charge < -0.3 is 9.47 Å². The van der Waals surface area contributed by atoms with Crippen LogP contribution in [-0.2, 0) is 4.74 Å². The molecule has 1 saturated heterocycles. The average molecular weight is 546 g/mol. The number of ether oxygens (including phenoxy) is 2. The van der Waals surface area contributed by atoms with Crippen molar-refractivity contribution in [3.63, 3.8) is 0 Å². The van der Waals surface area contributed by atoms with Crippen molar-refractivity contribution in [3.8, 4) is 5.75 Å². The molecule has 2 fully saturated rings. The van der Waals surface area contributed by atoms with E-state index in [2.05, 4.69) is 4.74 Å². The molecule has 36 heavy (non-hydrogen) atoms. The molecule has 1 aliphatic carbocycles. The zero-order chi connectivity index (χ0) is 26.4. The third kappa shape index (κ3) is 7.08. The average Bonchev–Trinajstić information content (AvgIpc) is 3.69. The first-order chi connectivity index (χ1) is 17.3. The van der Waals surface area contributed by atoms with E-state index in [1.165, 1.54) is 37.4 Å². The molecule has 0 N–H and O–H groups in total. The van der Waals surface area contributed by atoms with Crippen molar-refractivity contribution in [1.82, 2.24) is 4.90 Å². The van der Waals surface area contributed by atoms with E-state index in [0.29, 0.717) is 53.9 Å². The molecule has 0 amide bonds. The molecule has 1 atom stereocenters. The molecule has 1 saturated carbocycles. The predicted molar refractivity (Wildman–Crippen MR) is 136 cm³/mol. The van der Waals surface area contributed by atoms with E-state index in [0.717, 1.165) is 18.4 Å². The molecular formula is C27H32Cl2F3NO3. The molecule has 4 nitrogen and oxygen atoms in total. The second-order valence-electron chi connectivity index (χ2n) is 8.91. The maximum absolute atomic E-state index is 14.5. The van der Waals surface area contributed by atoms with Gasteiger partial charge in [0.2, 0.25) is 0 Å². The predicted octanol–water partition coefficient (Wildman–Crippen LogP) is 7.92. The van der Waals surface area contributed by atoms with Gasteiger partial charge in [0.15, 0.2) is 0 Å². The molecule has 0 aromatic heterocycles. The Morgan fingerprint density at radius 1 is 1.03 bits per heavy atom. The van der Waals surface area contributed by atoms with Gasteiger partial charge in [0.25, 0.3) is 6.43 Å². The van der Waals surface area contributed by atoms with Gasteiger partial charge in [0, 0.05) is 16.1 Å². The van der Waals surface area contributed by atoms with Gasteiger partial charge in [-0.2, -0.15) is 0 Å². The van der Waals surface area contributed by atoms with Crippen LogP contribution in [-0.4, -0.2) is 44.1 Å². The van der Waals surface area contributed by atoms with Crippen LogP contribution in [0.5, 0.6) is 5.75 Å². The van der Waals surface area contributed by atoms with Crippen LogP contribution in [0, 0.1) is 11.7 Å². The summed E-state index contributed by atoms with van der Waals surface area (Å²) in [4.78, 5) is 13.6. The van der Waals surface area contributed by atoms with Crippen LogP contribution in [0.1, 0.15) is 73.0 Å². The van der Waals surface area contributed by atoms with Gasteiger partial charge in [-0.05, 0) is 86.0 Å². The van der Waals surface area contributed by atoms with E-state index >= 15 is 0 Å². The number of esters is 1. The van der Waals surface area contributed by atoms with Crippen molar-refractivity contribution < 1.29 is 27.4 Å². The number of carbonyl (C=O) groups is 1. The molecule has 0 spiro atoms. The Morgan fingerprint density at radius 2 is 1.64 bits per heavy atom. The quantitative estimate of drug-likeness (QED) is 0.316. The molecule has 9 heteroatoms. The maximum Gasteiger partial charge on any atom is 0.340 e. The first kappa shape index (κ1) is 28.6. The fourth-order valence-electron chi connectivity index (χ4n) is 4.54. The van der Waals surface area contributed by atoms with E-state index in [1.807, 2.05) is 13.8 Å². The summed E-state index contributed by atoms with van der Waals surface area (Å²) in [5.74, 6) is -0.562. The minimum Gasteiger partial charge on any atom is -0.493 e. The number of hydrogen-bond acceptors (Lipinski definition) is 4. The van der Waals surface area contributed by atoms with Crippen molar-refractivity contribution >= 4 is 29.2 Å². The fourth-order valence-corrected chi connectivity index (χ4v) is 5.09. The van der Waals surface area contributed by atoms with E-state index in [4.69, 9.17) is 27.9 Å². The number of rotatable bonds is 8. The monoisotopic (exact) mass is 545 g/mol. The van der Waals surface area contributed by atoms with Gasteiger partial charge in [0.05, 0.1) is 25.3 Å². The molecule has 1 heterocycles. The first-order valence-electron chi connectivity index (χ1n) is 12.3. The number of alkyl halides is 2. The molecule has 2 aromatic carbocycles. The number of halogens is 5. The highest BCUT2D eigenvalue weighted by molar-refractivity contribution is 6.34. The lowest BCUT2D eigenvalue weighted by molar-refractivity contribution is 0.00318. The minimum absolute atomic E-state index is 0.0933. The molecule has 0 radical (unpaired) electrons. The Hall–Kier alpha value is -1.96. The Morgan fingerprint density at radius 3 is 2.17 bits per heavy atom. The van der Waals surface area contributed by atoms with Gasteiger partial charge in [-0.15, -0.1) is 0 Å². The summed E-state index contributed by atoms with van der Waals surface area (Å²) >= 11 is 12.1. The van der Waals surface area contributed by atoms with Crippen LogP contribution in [0.4, 0.5) is 13.2 Å². The summed E-state index contributed by atoms with van der Waals surface area (Å²) in [7, 11) is 1.22. The zero-order valence-corrected chi connectivity index (χ0v) is 22.2. The molecule has 2 aliphatic rings. The number of piperidine rings is 1. The van der Waals surface area contributed by atoms with E-state index in [-0.39, 0.29) is 17.4 Å². The fraction of sp³-hybridized carbons (Fsp3) is 0.519. The molecule has 4 rings (SSSR count). The van der Waals surface area contributed by atoms with Crippen molar-refractivity contribution in [1.29, 1.82) is 0 Å². The van der Waals surface area contributed by atoms with Gasteiger partial charge in [-0.1, -0.05) is 37.0 Å². The molecule has 1 aliphatic heterocycles. The summed E-state index contributed by atoms with van der Waals surface area (Å²) in [6.07, 6.45) is 0.671. The highest BCUT2D eigenvalue weighted by atomic mass is 35.5. The third-order valence-corrected chi connectivity index (χ3v) is 6.94. The second-order valence-corrected chi connectivity index (χ2v) is 9.78. The third-order valence-electron chi connectivity index (χ3n) is 6.50. The smallest absolute Gasteiger partial charge is 0.340 e. The lowest BCUT2D eigenvalue weighted by atomic mass is 9.94. The van der Waals surface area contributed by atoms with Crippen LogP contribution in [0.15, 0.2) is 30.3 Å². The van der Waals surface area contributed by atoms with Crippen LogP contribution in [0.3, 0.4) is 0 Å². The molecule has 0 bridgehead atoms. The van der Waals surface area contributed by atoms with Gasteiger partial charge in [-0.3, -0.25) is 4.90 Å². The van der Waals surface area contributed by atoms with Crippen LogP contribution < -0.4 is 4.74 Å². The Bertz CT molecular complexity index is 1020. The van der Waals surface area contributed by atoms with Crippen molar-refractivity contribution in [2.75, 3.05) is 26.8 Å². The topological polar surface area (TPSA) is 38.8 Å². The van der Waals surface area contributed by atoms with E-state index in [1.54, 1.807) is 4.90 Å². The van der Waals surface area contributed by atoms with Gasteiger partial charge >= 0.3 is 5.97 Å². The van der Waals surface area contributed by atoms with Crippen LogP contribution in [0.25, 0.3) is 0 Å². The largest absolute Gasteiger partial charge is 0.493 e. The van der Waals surface area contributed by atoms with Crippen molar-refractivity contribution in [3.05, 3.63) is 62.9 Å². The van der Waals surface area contributed by atoms with Crippen LogP contribution in [0.2, 0.25) is 10.0 Å². The molecular weight excluding hydrogens is 514 g/mol. The summed E-state index contributed by atoms with van der Waals surface area (Å²) in [5.41, 5.74) is 1.12. The van der Waals surface area contributed by atoms with E-state index in [9.17, 15) is 18.0 Å². The number of carbonyl (C=O) groups excluding carboxylic acids is 1. The summed E-state index contributed by atoms with van der Waals surface area (Å²) < 4.78 is 53.0. The Kier molecular flexibility index (Phi) is 10.3. The van der Waals surface area contributed by atoms with Crippen molar-refractivity contribution in [2.24, 2.45) is 5.92 Å². The highest BCUT2D eigenvalue weighted by Crippen LogP contribution is 2.45. The number of methoxy groups -OCH3 is 1. The van der Waals surface area contributed by atoms with Gasteiger partial charge in [0.1, 0.15) is 11.6 Å². The summed E-state index contributed by atoms with van der Waals surface area (Å²) in [6.45, 7) is 5.30. The molecule has 2 aromatic rings. The molecule has 198 valence electrons. The van der Waals surface area contributed by atoms with E-state index < -0.39 is 24.3 Å². The number of hydrogen-bond donors (Lipinski definition) is 0. The summed E-state index contributed by atoms with van der Waals surface area (Å²) in [6, 6.07) is 6.29. The summed E-state index contributed by atoms with van der Waals surface area (Å²) in [5, 5.41) is 0.654. The maximum atomic E-state index is 14.5. The van der Waals surface area contributed by atoms with Crippen LogP contribution >= 0.6 is 23.2 Å². The SMILES string of the molecule is CC.COC(=O)c1cc(C2CC2)c(OCC2CCN(C(c3cc(Cl)cc(Cl)c3)C(F)F)CC2)cc1F. The highest BCUT2D eigenvalue weighted by Gasteiger charge is 2.34.